The number of rotatable bonds is 4. The zero-order chi connectivity index (χ0) is 21.5. The second kappa shape index (κ2) is 7.43. The zero-order valence-electron chi connectivity index (χ0n) is 15.5. The number of hydrogen-bond acceptors (Lipinski definition) is 6. The maximum absolute atomic E-state index is 13.4. The minimum atomic E-state index is -4.72. The Balaban J connectivity index is 2.11. The molecule has 0 saturated carbocycles. The number of alkyl halides is 3. The quantitative estimate of drug-likeness (QED) is 0.342. The molecule has 3 aromatic rings. The van der Waals surface area contributed by atoms with E-state index < -0.39 is 28.4 Å². The first-order valence-corrected chi connectivity index (χ1v) is 8.77. The summed E-state index contributed by atoms with van der Waals surface area (Å²) >= 11 is 5.94. The number of nitro groups is 1. The van der Waals surface area contributed by atoms with Crippen LogP contribution < -0.4 is 5.32 Å². The molecule has 11 heteroatoms. The van der Waals surface area contributed by atoms with Crippen LogP contribution in [0.4, 0.5) is 24.7 Å². The van der Waals surface area contributed by atoms with Crippen molar-refractivity contribution >= 4 is 34.0 Å². The van der Waals surface area contributed by atoms with Crippen molar-refractivity contribution in [3.63, 3.8) is 0 Å². The molecule has 1 atom stereocenters. The van der Waals surface area contributed by atoms with Gasteiger partial charge in [0.25, 0.3) is 5.69 Å². The van der Waals surface area contributed by atoms with Gasteiger partial charge in [0.2, 0.25) is 0 Å². The highest BCUT2D eigenvalue weighted by Crippen LogP contribution is 2.38. The van der Waals surface area contributed by atoms with Crippen molar-refractivity contribution in [1.29, 1.82) is 0 Å². The molecule has 0 bridgehead atoms. The normalized spacial score (nSPS) is 12.8. The number of aryl methyl sites for hydroxylation is 1. The lowest BCUT2D eigenvalue weighted by molar-refractivity contribution is -0.385. The average molecular weight is 426 g/mol. The number of pyridine rings is 1. The number of nitrogens with one attached hydrogen (secondary N) is 1. The molecule has 0 radical (unpaired) electrons. The fourth-order valence-electron chi connectivity index (χ4n) is 3.09. The summed E-state index contributed by atoms with van der Waals surface area (Å²) in [5.41, 5.74) is -1.15. The van der Waals surface area contributed by atoms with Gasteiger partial charge in [0.05, 0.1) is 28.2 Å². The van der Waals surface area contributed by atoms with Crippen LogP contribution in [-0.2, 0) is 6.18 Å². The van der Waals surface area contributed by atoms with Gasteiger partial charge in [-0.25, -0.2) is 15.0 Å². The molecule has 0 aliphatic heterocycles. The first-order chi connectivity index (χ1) is 13.5. The predicted molar refractivity (Wildman–Crippen MR) is 102 cm³/mol. The van der Waals surface area contributed by atoms with Crippen LogP contribution in [0.25, 0.3) is 10.9 Å². The Bertz CT molecular complexity index is 1120. The lowest BCUT2D eigenvalue weighted by atomic mass is 9.96. The topological polar surface area (TPSA) is 93.8 Å². The summed E-state index contributed by atoms with van der Waals surface area (Å²) in [7, 11) is 0. The van der Waals surface area contributed by atoms with Crippen LogP contribution in [0.1, 0.15) is 35.5 Å². The van der Waals surface area contributed by atoms with E-state index in [1.165, 1.54) is 19.2 Å². The first kappa shape index (κ1) is 20.7. The molecule has 0 unspecified atom stereocenters. The van der Waals surface area contributed by atoms with E-state index in [9.17, 15) is 23.3 Å². The number of nitrogens with zero attached hydrogens (tertiary/aromatic N) is 4. The maximum atomic E-state index is 13.4. The van der Waals surface area contributed by atoms with Gasteiger partial charge in [0, 0.05) is 17.5 Å². The number of aromatic nitrogens is 3. The van der Waals surface area contributed by atoms with Crippen LogP contribution in [0, 0.1) is 24.0 Å². The Labute approximate surface area is 168 Å². The second-order valence-corrected chi connectivity index (χ2v) is 6.86. The number of nitro benzene ring substituents is 1. The highest BCUT2D eigenvalue weighted by Gasteiger charge is 2.36. The predicted octanol–water partition coefficient (Wildman–Crippen LogP) is 5.40. The van der Waals surface area contributed by atoms with Gasteiger partial charge in [-0.2, -0.15) is 13.2 Å². The summed E-state index contributed by atoms with van der Waals surface area (Å²) in [6.07, 6.45) is -3.26. The van der Waals surface area contributed by atoms with Crippen molar-refractivity contribution in [2.45, 2.75) is 33.0 Å². The number of benzene rings is 1. The molecule has 2 heterocycles. The Morgan fingerprint density at radius 2 is 1.90 bits per heavy atom. The fourth-order valence-corrected chi connectivity index (χ4v) is 3.24. The maximum Gasteiger partial charge on any atom is 0.416 e. The summed E-state index contributed by atoms with van der Waals surface area (Å²) in [5, 5.41) is 14.9. The fraction of sp³-hybridized carbons (Fsp3) is 0.278. The molecular weight excluding hydrogens is 411 g/mol. The molecule has 0 aliphatic carbocycles. The van der Waals surface area contributed by atoms with Crippen molar-refractivity contribution in [3.8, 4) is 0 Å². The zero-order valence-corrected chi connectivity index (χ0v) is 16.3. The van der Waals surface area contributed by atoms with Gasteiger partial charge >= 0.3 is 6.18 Å². The highest BCUT2D eigenvalue weighted by molar-refractivity contribution is 6.30. The van der Waals surface area contributed by atoms with Crippen LogP contribution in [-0.4, -0.2) is 19.9 Å². The largest absolute Gasteiger partial charge is 0.416 e. The van der Waals surface area contributed by atoms with Gasteiger partial charge in [-0.1, -0.05) is 11.6 Å². The number of fused-ring (bicyclic) bond motifs is 1. The summed E-state index contributed by atoms with van der Waals surface area (Å²) in [6.45, 7) is 4.53. The number of halogens is 4. The van der Waals surface area contributed by atoms with E-state index in [-0.39, 0.29) is 16.3 Å². The lowest BCUT2D eigenvalue weighted by Gasteiger charge is -2.21. The van der Waals surface area contributed by atoms with Crippen molar-refractivity contribution in [3.05, 3.63) is 62.2 Å². The lowest BCUT2D eigenvalue weighted by Crippen LogP contribution is -2.15. The summed E-state index contributed by atoms with van der Waals surface area (Å²) in [5.74, 6) is 0.756. The summed E-state index contributed by atoms with van der Waals surface area (Å²) < 4.78 is 40.1. The van der Waals surface area contributed by atoms with Crippen LogP contribution in [0.3, 0.4) is 0 Å². The van der Waals surface area contributed by atoms with Crippen molar-refractivity contribution in [1.82, 2.24) is 15.0 Å². The monoisotopic (exact) mass is 425 g/mol. The minimum Gasteiger partial charge on any atom is -0.363 e. The number of hydrogen-bond donors (Lipinski definition) is 1. The van der Waals surface area contributed by atoms with E-state index in [2.05, 4.69) is 20.3 Å². The van der Waals surface area contributed by atoms with Crippen LogP contribution in [0.2, 0.25) is 5.15 Å². The molecule has 3 rings (SSSR count). The highest BCUT2D eigenvalue weighted by atomic mass is 35.5. The first-order valence-electron chi connectivity index (χ1n) is 8.40. The standard InChI is InChI=1S/C18H15ClF3N5O2/c1-8-12(4-11(27(28)29)5-14(8)18(20,21)22)9(2)24-17-13-6-16(19)23-7-15(13)25-10(3)26-17/h4-7,9H,1-3H3,(H,24,25,26)/t9-/m1/s1. The Morgan fingerprint density at radius 3 is 2.52 bits per heavy atom. The molecule has 0 saturated heterocycles. The molecule has 0 aliphatic rings. The van der Waals surface area contributed by atoms with E-state index in [4.69, 9.17) is 11.6 Å². The minimum absolute atomic E-state index is 0.0992. The molecule has 1 N–H and O–H groups in total. The van der Waals surface area contributed by atoms with E-state index in [1.54, 1.807) is 13.8 Å². The van der Waals surface area contributed by atoms with Crippen molar-refractivity contribution in [2.24, 2.45) is 0 Å². The molecule has 29 heavy (non-hydrogen) atoms. The SMILES string of the molecule is Cc1nc(N[C@H](C)c2cc([N+](=O)[O-])cc(C(F)(F)F)c2C)c2cc(Cl)ncc2n1. The second-order valence-electron chi connectivity index (χ2n) is 6.47. The van der Waals surface area contributed by atoms with Crippen LogP contribution in [0.5, 0.6) is 0 Å². The smallest absolute Gasteiger partial charge is 0.363 e. The van der Waals surface area contributed by atoms with Crippen LogP contribution in [0.15, 0.2) is 24.4 Å². The van der Waals surface area contributed by atoms with Crippen molar-refractivity contribution in [2.75, 3.05) is 5.32 Å². The third-order valence-electron chi connectivity index (χ3n) is 4.43. The van der Waals surface area contributed by atoms with Gasteiger partial charge in [0.15, 0.2) is 0 Å². The van der Waals surface area contributed by atoms with E-state index in [0.717, 1.165) is 6.07 Å². The summed E-state index contributed by atoms with van der Waals surface area (Å²) in [6, 6.07) is 2.49. The van der Waals surface area contributed by atoms with E-state index in [1.807, 2.05) is 0 Å². The Morgan fingerprint density at radius 1 is 1.21 bits per heavy atom. The number of non-ortho nitro benzene ring substituents is 1. The third kappa shape index (κ3) is 4.21. The van der Waals surface area contributed by atoms with Crippen molar-refractivity contribution < 1.29 is 18.1 Å². The van der Waals surface area contributed by atoms with Gasteiger partial charge in [-0.15, -0.1) is 0 Å². The van der Waals surface area contributed by atoms with Gasteiger partial charge in [-0.05, 0) is 38.0 Å². The molecule has 2 aromatic heterocycles. The molecule has 0 spiro atoms. The average Bonchev–Trinajstić information content (AvgIpc) is 2.61. The molecular formula is C18H15ClF3N5O2. The van der Waals surface area contributed by atoms with E-state index in [0.29, 0.717) is 28.6 Å². The third-order valence-corrected chi connectivity index (χ3v) is 4.64. The number of anilines is 1. The molecule has 7 nitrogen and oxygen atoms in total. The molecule has 152 valence electrons. The van der Waals surface area contributed by atoms with Crippen LogP contribution >= 0.6 is 11.6 Å². The molecule has 0 fully saturated rings. The summed E-state index contributed by atoms with van der Waals surface area (Å²) in [4.78, 5) is 22.8. The Kier molecular flexibility index (Phi) is 5.31. The van der Waals surface area contributed by atoms with Gasteiger partial charge in [-0.3, -0.25) is 10.1 Å². The molecule has 0 amide bonds. The van der Waals surface area contributed by atoms with E-state index >= 15 is 0 Å². The van der Waals surface area contributed by atoms with Gasteiger partial charge in [0.1, 0.15) is 16.8 Å². The molecule has 1 aromatic carbocycles. The van der Waals surface area contributed by atoms with Gasteiger partial charge < -0.3 is 5.32 Å². The Hall–Kier alpha value is -3.01.